The number of hydrogen-bond acceptors (Lipinski definition) is 8. The van der Waals surface area contributed by atoms with Gasteiger partial charge in [0.05, 0.1) is 35.2 Å². The van der Waals surface area contributed by atoms with Crippen molar-refractivity contribution in [2.75, 3.05) is 10.6 Å². The summed E-state index contributed by atoms with van der Waals surface area (Å²) in [6.07, 6.45) is 7.02. The summed E-state index contributed by atoms with van der Waals surface area (Å²) in [4.78, 5) is 17.6. The van der Waals surface area contributed by atoms with E-state index in [0.29, 0.717) is 17.2 Å². The Kier molecular flexibility index (Phi) is 5.16. The van der Waals surface area contributed by atoms with Crippen LogP contribution in [0.1, 0.15) is 11.3 Å². The van der Waals surface area contributed by atoms with Crippen molar-refractivity contribution < 1.29 is 0 Å². The highest BCUT2D eigenvalue weighted by Gasteiger charge is 2.10. The van der Waals surface area contributed by atoms with Crippen LogP contribution >= 0.6 is 0 Å². The van der Waals surface area contributed by atoms with E-state index in [0.717, 1.165) is 44.9 Å². The van der Waals surface area contributed by atoms with E-state index in [2.05, 4.69) is 41.7 Å². The molecule has 6 rings (SSSR count). The number of fused-ring (bicyclic) bond motifs is 2. The van der Waals surface area contributed by atoms with E-state index in [1.54, 1.807) is 29.2 Å². The molecule has 0 atom stereocenters. The molecule has 0 spiro atoms. The van der Waals surface area contributed by atoms with Gasteiger partial charge in [-0.3, -0.25) is 9.97 Å². The number of benzene rings is 2. The van der Waals surface area contributed by atoms with E-state index in [-0.39, 0.29) is 0 Å². The third-order valence-corrected chi connectivity index (χ3v) is 5.65. The number of rotatable bonds is 5. The quantitative estimate of drug-likeness (QED) is 0.345. The molecule has 0 aliphatic rings. The van der Waals surface area contributed by atoms with Crippen LogP contribution in [-0.4, -0.2) is 29.5 Å². The lowest BCUT2D eigenvalue weighted by Crippen LogP contribution is -1.96. The van der Waals surface area contributed by atoms with Gasteiger partial charge in [0.15, 0.2) is 5.82 Å². The molecule has 0 aliphatic heterocycles. The van der Waals surface area contributed by atoms with Gasteiger partial charge in [-0.1, -0.05) is 0 Å². The summed E-state index contributed by atoms with van der Waals surface area (Å²) in [5.41, 5.74) is 6.71. The average Bonchev–Trinajstić information content (AvgIpc) is 3.33. The van der Waals surface area contributed by atoms with E-state index in [1.165, 1.54) is 0 Å². The summed E-state index contributed by atoms with van der Waals surface area (Å²) in [5, 5.41) is 21.5. The molecule has 0 unspecified atom stereocenters. The maximum Gasteiger partial charge on any atom is 0.252 e. The normalized spacial score (nSPS) is 10.9. The lowest BCUT2D eigenvalue weighted by Gasteiger charge is -2.11. The first-order valence-electron chi connectivity index (χ1n) is 11.2. The first-order valence-corrected chi connectivity index (χ1v) is 11.2. The second kappa shape index (κ2) is 8.77. The molecule has 0 radical (unpaired) electrons. The van der Waals surface area contributed by atoms with Crippen molar-refractivity contribution in [3.8, 4) is 17.5 Å². The van der Waals surface area contributed by atoms with Crippen LogP contribution in [0.2, 0.25) is 0 Å². The first kappa shape index (κ1) is 21.2. The van der Waals surface area contributed by atoms with Crippen molar-refractivity contribution >= 4 is 39.4 Å². The highest BCUT2D eigenvalue weighted by Crippen LogP contribution is 2.28. The van der Waals surface area contributed by atoms with Crippen LogP contribution in [0.25, 0.3) is 28.1 Å². The fraction of sp³-hybridized carbons (Fsp3) is 0.0370. The van der Waals surface area contributed by atoms with Crippen LogP contribution < -0.4 is 10.6 Å². The minimum Gasteiger partial charge on any atom is -0.355 e. The van der Waals surface area contributed by atoms with Crippen molar-refractivity contribution in [1.29, 1.82) is 5.26 Å². The summed E-state index contributed by atoms with van der Waals surface area (Å²) >= 11 is 0. The maximum absolute atomic E-state index is 9.29. The number of pyridine rings is 2. The van der Waals surface area contributed by atoms with Gasteiger partial charge in [0.2, 0.25) is 0 Å². The SMILES string of the molecule is Cc1cc(Nc2ccc(-c3nc4ncc(Nc5ccncc5)cn4n3)cc2)c2cc(C#N)ccc2n1. The standard InChI is InChI=1S/C27H19N9/c1-17-12-25(23-13-18(14-28)2-7-24(23)31-17)33-20-5-3-19(4-6-20)26-34-27-30-15-22(16-36(27)35-26)32-21-8-10-29-11-9-21/h2-13,15-16H,1H3,(H,29,32)(H,31,33). The monoisotopic (exact) mass is 469 g/mol. The zero-order valence-electron chi connectivity index (χ0n) is 19.2. The van der Waals surface area contributed by atoms with Crippen LogP contribution in [0.3, 0.4) is 0 Å². The molecule has 36 heavy (non-hydrogen) atoms. The van der Waals surface area contributed by atoms with E-state index in [9.17, 15) is 5.26 Å². The Bertz CT molecular complexity index is 1750. The molecule has 0 saturated carbocycles. The van der Waals surface area contributed by atoms with Gasteiger partial charge in [0, 0.05) is 46.1 Å². The summed E-state index contributed by atoms with van der Waals surface area (Å²) in [5.74, 6) is 1.10. The number of nitriles is 1. The zero-order valence-corrected chi connectivity index (χ0v) is 19.2. The number of aromatic nitrogens is 6. The van der Waals surface area contributed by atoms with Gasteiger partial charge in [-0.15, -0.1) is 5.10 Å². The third kappa shape index (κ3) is 4.15. The zero-order chi connectivity index (χ0) is 24.5. The Morgan fingerprint density at radius 2 is 1.67 bits per heavy atom. The maximum atomic E-state index is 9.29. The fourth-order valence-electron chi connectivity index (χ4n) is 3.96. The Hall–Kier alpha value is -5.36. The van der Waals surface area contributed by atoms with Crippen LogP contribution in [0.15, 0.2) is 85.5 Å². The van der Waals surface area contributed by atoms with Crippen LogP contribution in [-0.2, 0) is 0 Å². The summed E-state index contributed by atoms with van der Waals surface area (Å²) < 4.78 is 1.66. The van der Waals surface area contributed by atoms with Gasteiger partial charge in [-0.05, 0) is 67.6 Å². The van der Waals surface area contributed by atoms with Crippen molar-refractivity contribution in [2.24, 2.45) is 0 Å². The first-order chi connectivity index (χ1) is 17.6. The summed E-state index contributed by atoms with van der Waals surface area (Å²) in [6.45, 7) is 1.95. The number of nitrogens with zero attached hydrogens (tertiary/aromatic N) is 7. The van der Waals surface area contributed by atoms with Crippen LogP contribution in [0.5, 0.6) is 0 Å². The molecule has 9 nitrogen and oxygen atoms in total. The Balaban J connectivity index is 1.26. The number of anilines is 4. The molecule has 6 aromatic rings. The van der Waals surface area contributed by atoms with Crippen molar-refractivity contribution in [2.45, 2.75) is 6.92 Å². The van der Waals surface area contributed by atoms with Crippen molar-refractivity contribution in [3.05, 3.63) is 96.7 Å². The second-order valence-corrected chi connectivity index (χ2v) is 8.24. The predicted octanol–water partition coefficient (Wildman–Crippen LogP) is 5.40. The van der Waals surface area contributed by atoms with Crippen LogP contribution in [0, 0.1) is 18.3 Å². The number of nitrogens with one attached hydrogen (secondary N) is 2. The largest absolute Gasteiger partial charge is 0.355 e. The van der Waals surface area contributed by atoms with Crippen LogP contribution in [0.4, 0.5) is 22.7 Å². The fourth-order valence-corrected chi connectivity index (χ4v) is 3.96. The smallest absolute Gasteiger partial charge is 0.252 e. The molecule has 4 aromatic heterocycles. The second-order valence-electron chi connectivity index (χ2n) is 8.24. The average molecular weight is 470 g/mol. The molecule has 0 aliphatic carbocycles. The van der Waals surface area contributed by atoms with Gasteiger partial charge in [0.25, 0.3) is 5.78 Å². The van der Waals surface area contributed by atoms with E-state index in [4.69, 9.17) is 0 Å². The molecule has 0 amide bonds. The third-order valence-electron chi connectivity index (χ3n) is 5.65. The molecule has 0 fully saturated rings. The van der Waals surface area contributed by atoms with E-state index in [1.807, 2.05) is 67.7 Å². The minimum atomic E-state index is 0.513. The van der Waals surface area contributed by atoms with E-state index < -0.39 is 0 Å². The molecule has 9 heteroatoms. The molecule has 0 saturated heterocycles. The van der Waals surface area contributed by atoms with E-state index >= 15 is 0 Å². The lowest BCUT2D eigenvalue weighted by atomic mass is 10.1. The molecule has 4 heterocycles. The van der Waals surface area contributed by atoms with Crippen molar-refractivity contribution in [1.82, 2.24) is 29.5 Å². The van der Waals surface area contributed by atoms with Gasteiger partial charge in [0.1, 0.15) is 0 Å². The summed E-state index contributed by atoms with van der Waals surface area (Å²) in [6, 6.07) is 21.3. The predicted molar refractivity (Wildman–Crippen MR) is 138 cm³/mol. The van der Waals surface area contributed by atoms with Gasteiger partial charge in [-0.25, -0.2) is 9.50 Å². The molecular formula is C27H19N9. The molecule has 2 N–H and O–H groups in total. The molecular weight excluding hydrogens is 450 g/mol. The topological polar surface area (TPSA) is 117 Å². The number of hydrogen-bond donors (Lipinski definition) is 2. The Morgan fingerprint density at radius 3 is 2.47 bits per heavy atom. The summed E-state index contributed by atoms with van der Waals surface area (Å²) in [7, 11) is 0. The van der Waals surface area contributed by atoms with Gasteiger partial charge >= 0.3 is 0 Å². The lowest BCUT2D eigenvalue weighted by molar-refractivity contribution is 0.944. The Morgan fingerprint density at radius 1 is 0.861 bits per heavy atom. The molecule has 0 bridgehead atoms. The highest BCUT2D eigenvalue weighted by molar-refractivity contribution is 5.94. The molecule has 172 valence electrons. The highest BCUT2D eigenvalue weighted by atomic mass is 15.3. The van der Waals surface area contributed by atoms with Gasteiger partial charge in [-0.2, -0.15) is 10.2 Å². The number of aryl methyl sites for hydroxylation is 1. The molecule has 2 aromatic carbocycles. The van der Waals surface area contributed by atoms with Crippen molar-refractivity contribution in [3.63, 3.8) is 0 Å². The minimum absolute atomic E-state index is 0.513. The van der Waals surface area contributed by atoms with Gasteiger partial charge < -0.3 is 10.6 Å². The Labute approximate surface area is 206 Å².